The summed E-state index contributed by atoms with van der Waals surface area (Å²) in [5.74, 6) is -4.92. The highest BCUT2D eigenvalue weighted by Gasteiger charge is 2.25. The van der Waals surface area contributed by atoms with E-state index in [1.54, 1.807) is 4.90 Å². The average molecular weight is 453 g/mol. The predicted molar refractivity (Wildman–Crippen MR) is 107 cm³/mol. The number of piperazine rings is 1. The SMILES string of the molecule is O=C(c1cnc(-c2ccc(F)c(Cl)c2)n1Cc1cc(F)c(F)c(F)c1)N1CCNCC1. The van der Waals surface area contributed by atoms with Crippen molar-refractivity contribution in [3.05, 3.63) is 76.1 Å². The highest BCUT2D eigenvalue weighted by atomic mass is 35.5. The zero-order valence-electron chi connectivity index (χ0n) is 16.1. The van der Waals surface area contributed by atoms with Crippen LogP contribution in [0, 0.1) is 23.3 Å². The Labute approximate surface area is 180 Å². The van der Waals surface area contributed by atoms with Gasteiger partial charge in [-0.25, -0.2) is 22.5 Å². The van der Waals surface area contributed by atoms with Crippen molar-refractivity contribution in [2.75, 3.05) is 26.2 Å². The van der Waals surface area contributed by atoms with E-state index in [4.69, 9.17) is 11.6 Å². The number of nitrogens with zero attached hydrogens (tertiary/aromatic N) is 3. The number of imidazole rings is 1. The van der Waals surface area contributed by atoms with Gasteiger partial charge in [0.25, 0.3) is 5.91 Å². The van der Waals surface area contributed by atoms with Gasteiger partial charge in [0.05, 0.1) is 17.8 Å². The van der Waals surface area contributed by atoms with Gasteiger partial charge in [0, 0.05) is 31.7 Å². The fourth-order valence-electron chi connectivity index (χ4n) is 3.48. The molecule has 5 nitrogen and oxygen atoms in total. The van der Waals surface area contributed by atoms with E-state index in [1.807, 2.05) is 0 Å². The molecular formula is C21H17ClF4N4O. The smallest absolute Gasteiger partial charge is 0.272 e. The van der Waals surface area contributed by atoms with Gasteiger partial charge in [-0.2, -0.15) is 0 Å². The number of nitrogens with one attached hydrogen (secondary N) is 1. The first kappa shape index (κ1) is 21.3. The quantitative estimate of drug-likeness (QED) is 0.483. The van der Waals surface area contributed by atoms with Crippen molar-refractivity contribution < 1.29 is 22.4 Å². The number of carbonyl (C=O) groups excluding carboxylic acids is 1. The average Bonchev–Trinajstić information content (AvgIpc) is 3.17. The molecule has 0 radical (unpaired) electrons. The molecule has 1 aliphatic heterocycles. The lowest BCUT2D eigenvalue weighted by Crippen LogP contribution is -2.46. The molecule has 1 aromatic heterocycles. The van der Waals surface area contributed by atoms with Gasteiger partial charge in [-0.15, -0.1) is 0 Å². The van der Waals surface area contributed by atoms with Gasteiger partial charge in [-0.3, -0.25) is 4.79 Å². The topological polar surface area (TPSA) is 50.2 Å². The highest BCUT2D eigenvalue weighted by Crippen LogP contribution is 2.27. The summed E-state index contributed by atoms with van der Waals surface area (Å²) < 4.78 is 56.0. The zero-order chi connectivity index (χ0) is 22.1. The van der Waals surface area contributed by atoms with E-state index < -0.39 is 23.3 Å². The zero-order valence-corrected chi connectivity index (χ0v) is 16.9. The number of hydrogen-bond donors (Lipinski definition) is 1. The minimum absolute atomic E-state index is 0.0956. The molecule has 162 valence electrons. The van der Waals surface area contributed by atoms with E-state index in [0.29, 0.717) is 31.7 Å². The monoisotopic (exact) mass is 452 g/mol. The summed E-state index contributed by atoms with van der Waals surface area (Å²) in [7, 11) is 0. The molecule has 2 heterocycles. The molecule has 31 heavy (non-hydrogen) atoms. The maximum Gasteiger partial charge on any atom is 0.272 e. The Morgan fingerprint density at radius 1 is 1.03 bits per heavy atom. The molecule has 2 aromatic carbocycles. The summed E-state index contributed by atoms with van der Waals surface area (Å²) in [5.41, 5.74) is 0.689. The van der Waals surface area contributed by atoms with E-state index in [0.717, 1.165) is 18.2 Å². The summed E-state index contributed by atoms with van der Waals surface area (Å²) in [6.45, 7) is 2.08. The molecule has 0 saturated carbocycles. The lowest BCUT2D eigenvalue weighted by molar-refractivity contribution is 0.0725. The Balaban J connectivity index is 1.79. The van der Waals surface area contributed by atoms with Gasteiger partial charge in [-0.05, 0) is 35.9 Å². The fraction of sp³-hybridized carbons (Fsp3) is 0.238. The Morgan fingerprint density at radius 3 is 2.35 bits per heavy atom. The third-order valence-corrected chi connectivity index (χ3v) is 5.33. The molecule has 1 saturated heterocycles. The van der Waals surface area contributed by atoms with E-state index in [-0.39, 0.29) is 34.6 Å². The normalized spacial score (nSPS) is 14.2. The van der Waals surface area contributed by atoms with Gasteiger partial charge in [-0.1, -0.05) is 11.6 Å². The maximum absolute atomic E-state index is 13.8. The maximum atomic E-state index is 13.8. The second kappa shape index (κ2) is 8.68. The van der Waals surface area contributed by atoms with Crippen LogP contribution in [-0.4, -0.2) is 46.5 Å². The van der Waals surface area contributed by atoms with Crippen LogP contribution in [-0.2, 0) is 6.54 Å². The van der Waals surface area contributed by atoms with E-state index >= 15 is 0 Å². The Kier molecular flexibility index (Phi) is 5.97. The molecule has 0 aliphatic carbocycles. The minimum atomic E-state index is -1.57. The van der Waals surface area contributed by atoms with Gasteiger partial charge in [0.15, 0.2) is 17.5 Å². The molecule has 4 rings (SSSR count). The minimum Gasteiger partial charge on any atom is -0.335 e. The Bertz CT molecular complexity index is 1120. The molecule has 0 unspecified atom stereocenters. The third kappa shape index (κ3) is 4.28. The first-order chi connectivity index (χ1) is 14.8. The summed E-state index contributed by atoms with van der Waals surface area (Å²) in [4.78, 5) is 19.0. The lowest BCUT2D eigenvalue weighted by Gasteiger charge is -2.27. The summed E-state index contributed by atoms with van der Waals surface area (Å²) >= 11 is 5.89. The van der Waals surface area contributed by atoms with Crippen LogP contribution < -0.4 is 5.32 Å². The van der Waals surface area contributed by atoms with Crippen molar-refractivity contribution >= 4 is 17.5 Å². The predicted octanol–water partition coefficient (Wildman–Crippen LogP) is 3.85. The van der Waals surface area contributed by atoms with Crippen molar-refractivity contribution in [3.8, 4) is 11.4 Å². The number of halogens is 5. The van der Waals surface area contributed by atoms with E-state index in [1.165, 1.54) is 22.9 Å². The summed E-state index contributed by atoms with van der Waals surface area (Å²) in [6, 6.07) is 5.66. The van der Waals surface area contributed by atoms with Crippen LogP contribution >= 0.6 is 11.6 Å². The van der Waals surface area contributed by atoms with Crippen LogP contribution in [0.1, 0.15) is 16.1 Å². The fourth-order valence-corrected chi connectivity index (χ4v) is 3.66. The van der Waals surface area contributed by atoms with Crippen LogP contribution in [0.5, 0.6) is 0 Å². The van der Waals surface area contributed by atoms with E-state index in [9.17, 15) is 22.4 Å². The van der Waals surface area contributed by atoms with Crippen molar-refractivity contribution in [2.24, 2.45) is 0 Å². The molecule has 3 aromatic rings. The molecular weight excluding hydrogens is 436 g/mol. The first-order valence-electron chi connectivity index (χ1n) is 9.49. The second-order valence-electron chi connectivity index (χ2n) is 7.10. The van der Waals surface area contributed by atoms with Crippen molar-refractivity contribution in [3.63, 3.8) is 0 Å². The Hall–Kier alpha value is -2.91. The number of hydrogen-bond acceptors (Lipinski definition) is 3. The van der Waals surface area contributed by atoms with Crippen LogP contribution in [0.25, 0.3) is 11.4 Å². The molecule has 10 heteroatoms. The molecule has 0 bridgehead atoms. The van der Waals surface area contributed by atoms with E-state index in [2.05, 4.69) is 10.3 Å². The molecule has 0 spiro atoms. The third-order valence-electron chi connectivity index (χ3n) is 5.04. The largest absolute Gasteiger partial charge is 0.335 e. The standard InChI is InChI=1S/C21H17ClF4N4O/c22-14-9-13(1-2-15(14)23)20-28-10-18(21(31)29-5-3-27-4-6-29)30(20)11-12-7-16(24)19(26)17(25)8-12/h1-2,7-10,27H,3-6,11H2. The van der Waals surface area contributed by atoms with Crippen LogP contribution in [0.3, 0.4) is 0 Å². The van der Waals surface area contributed by atoms with Gasteiger partial charge in [0.1, 0.15) is 17.3 Å². The van der Waals surface area contributed by atoms with Crippen LogP contribution in [0.15, 0.2) is 36.5 Å². The molecule has 1 amide bonds. The number of aromatic nitrogens is 2. The molecule has 1 fully saturated rings. The van der Waals surface area contributed by atoms with Crippen molar-refractivity contribution in [2.45, 2.75) is 6.54 Å². The van der Waals surface area contributed by atoms with Gasteiger partial charge < -0.3 is 14.8 Å². The molecule has 1 N–H and O–H groups in total. The Morgan fingerprint density at radius 2 is 1.71 bits per heavy atom. The van der Waals surface area contributed by atoms with Crippen LogP contribution in [0.4, 0.5) is 17.6 Å². The summed E-state index contributed by atoms with van der Waals surface area (Å²) in [5, 5.41) is 3.01. The number of carbonyl (C=O) groups is 1. The lowest BCUT2D eigenvalue weighted by atomic mass is 10.1. The first-order valence-corrected chi connectivity index (χ1v) is 9.87. The van der Waals surface area contributed by atoms with Crippen molar-refractivity contribution in [1.29, 1.82) is 0 Å². The second-order valence-corrected chi connectivity index (χ2v) is 7.50. The number of amides is 1. The number of rotatable bonds is 4. The van der Waals surface area contributed by atoms with Gasteiger partial charge in [0.2, 0.25) is 0 Å². The van der Waals surface area contributed by atoms with Crippen LogP contribution in [0.2, 0.25) is 5.02 Å². The van der Waals surface area contributed by atoms with Crippen molar-refractivity contribution in [1.82, 2.24) is 19.8 Å². The number of benzene rings is 2. The molecule has 0 atom stereocenters. The molecule has 1 aliphatic rings. The highest BCUT2D eigenvalue weighted by molar-refractivity contribution is 6.31. The summed E-state index contributed by atoms with van der Waals surface area (Å²) in [6.07, 6.45) is 1.35. The van der Waals surface area contributed by atoms with Gasteiger partial charge >= 0.3 is 0 Å².